The average Bonchev–Trinajstić information content (AvgIpc) is 2.88. The average molecular weight is 271 g/mol. The summed E-state index contributed by atoms with van der Waals surface area (Å²) in [6.07, 6.45) is 5.22. The maximum Gasteiger partial charge on any atom is 0.128 e. The van der Waals surface area contributed by atoms with E-state index in [0.717, 1.165) is 25.1 Å². The van der Waals surface area contributed by atoms with Crippen molar-refractivity contribution in [2.24, 2.45) is 0 Å². The summed E-state index contributed by atoms with van der Waals surface area (Å²) in [5.41, 5.74) is 3.88. The largest absolute Gasteiger partial charge is 0.467 e. The molecule has 0 saturated heterocycles. The van der Waals surface area contributed by atoms with Crippen molar-refractivity contribution in [3.8, 4) is 0 Å². The van der Waals surface area contributed by atoms with Gasteiger partial charge in [0, 0.05) is 0 Å². The van der Waals surface area contributed by atoms with Gasteiger partial charge in [0.05, 0.1) is 12.3 Å². The van der Waals surface area contributed by atoms with Gasteiger partial charge in [0.15, 0.2) is 0 Å². The molecule has 0 aliphatic rings. The van der Waals surface area contributed by atoms with E-state index in [9.17, 15) is 0 Å². The van der Waals surface area contributed by atoms with Crippen LogP contribution in [0.25, 0.3) is 0 Å². The van der Waals surface area contributed by atoms with Crippen LogP contribution in [0.4, 0.5) is 0 Å². The van der Waals surface area contributed by atoms with E-state index in [4.69, 9.17) is 4.42 Å². The molecule has 0 fully saturated rings. The van der Waals surface area contributed by atoms with Crippen molar-refractivity contribution in [2.75, 3.05) is 6.54 Å². The van der Waals surface area contributed by atoms with E-state index in [1.54, 1.807) is 6.26 Å². The summed E-state index contributed by atoms with van der Waals surface area (Å²) in [4.78, 5) is 0. The number of aryl methyl sites for hydroxylation is 2. The number of hydrogen-bond acceptors (Lipinski definition) is 2. The van der Waals surface area contributed by atoms with Crippen LogP contribution in [0.1, 0.15) is 55.2 Å². The Morgan fingerprint density at radius 2 is 1.80 bits per heavy atom. The first-order valence-electron chi connectivity index (χ1n) is 7.62. The molecular formula is C18H25NO. The van der Waals surface area contributed by atoms with Crippen molar-refractivity contribution in [3.05, 3.63) is 59.0 Å². The number of furan rings is 1. The molecular weight excluding hydrogens is 246 g/mol. The Labute approximate surface area is 122 Å². The molecule has 2 heteroatoms. The van der Waals surface area contributed by atoms with E-state index < -0.39 is 0 Å². The SMILES string of the molecule is CCCNC(c1ccc(CCC)cc1)c1occc1C. The molecule has 0 spiro atoms. The number of nitrogens with one attached hydrogen (secondary N) is 1. The molecule has 108 valence electrons. The van der Waals surface area contributed by atoms with E-state index in [1.807, 2.05) is 6.07 Å². The van der Waals surface area contributed by atoms with Gasteiger partial charge >= 0.3 is 0 Å². The first-order chi connectivity index (χ1) is 9.76. The Balaban J connectivity index is 2.24. The number of hydrogen-bond donors (Lipinski definition) is 1. The van der Waals surface area contributed by atoms with Gasteiger partial charge in [0.1, 0.15) is 5.76 Å². The third-order valence-electron chi connectivity index (χ3n) is 3.61. The van der Waals surface area contributed by atoms with Gasteiger partial charge in [-0.3, -0.25) is 0 Å². The third-order valence-corrected chi connectivity index (χ3v) is 3.61. The Morgan fingerprint density at radius 3 is 2.35 bits per heavy atom. The van der Waals surface area contributed by atoms with Gasteiger partial charge in [0.2, 0.25) is 0 Å². The fourth-order valence-electron chi connectivity index (χ4n) is 2.50. The molecule has 1 aromatic heterocycles. The molecule has 0 amide bonds. The molecule has 0 aliphatic carbocycles. The summed E-state index contributed by atoms with van der Waals surface area (Å²) in [7, 11) is 0. The summed E-state index contributed by atoms with van der Waals surface area (Å²) in [5, 5.41) is 3.59. The second kappa shape index (κ2) is 7.30. The molecule has 0 bridgehead atoms. The molecule has 1 aromatic carbocycles. The third kappa shape index (κ3) is 3.51. The minimum atomic E-state index is 0.153. The van der Waals surface area contributed by atoms with Gasteiger partial charge in [-0.1, -0.05) is 44.5 Å². The number of benzene rings is 1. The topological polar surface area (TPSA) is 25.2 Å². The Morgan fingerprint density at radius 1 is 1.05 bits per heavy atom. The van der Waals surface area contributed by atoms with Crippen molar-refractivity contribution < 1.29 is 4.42 Å². The fraction of sp³-hybridized carbons (Fsp3) is 0.444. The molecule has 1 atom stereocenters. The van der Waals surface area contributed by atoms with Crippen LogP contribution in [-0.4, -0.2) is 6.54 Å². The maximum atomic E-state index is 5.69. The monoisotopic (exact) mass is 271 g/mol. The summed E-state index contributed by atoms with van der Waals surface area (Å²) < 4.78 is 5.69. The van der Waals surface area contributed by atoms with Crippen LogP contribution in [-0.2, 0) is 6.42 Å². The lowest BCUT2D eigenvalue weighted by Gasteiger charge is -2.18. The van der Waals surface area contributed by atoms with Crippen LogP contribution in [0.5, 0.6) is 0 Å². The first-order valence-corrected chi connectivity index (χ1v) is 7.62. The quantitative estimate of drug-likeness (QED) is 0.794. The highest BCUT2D eigenvalue weighted by molar-refractivity contribution is 5.32. The van der Waals surface area contributed by atoms with Gasteiger partial charge in [-0.2, -0.15) is 0 Å². The lowest BCUT2D eigenvalue weighted by Crippen LogP contribution is -2.23. The van der Waals surface area contributed by atoms with Crippen LogP contribution in [0.2, 0.25) is 0 Å². The predicted octanol–water partition coefficient (Wildman–Crippen LogP) is 4.63. The summed E-state index contributed by atoms with van der Waals surface area (Å²) >= 11 is 0. The zero-order valence-electron chi connectivity index (χ0n) is 12.8. The predicted molar refractivity (Wildman–Crippen MR) is 84.0 cm³/mol. The molecule has 2 nitrogen and oxygen atoms in total. The van der Waals surface area contributed by atoms with Crippen LogP contribution in [0.3, 0.4) is 0 Å². The van der Waals surface area contributed by atoms with Crippen LogP contribution >= 0.6 is 0 Å². The zero-order chi connectivity index (χ0) is 14.4. The van der Waals surface area contributed by atoms with E-state index in [1.165, 1.54) is 23.1 Å². The molecule has 2 rings (SSSR count). The Bertz CT molecular complexity index is 512. The molecule has 20 heavy (non-hydrogen) atoms. The van der Waals surface area contributed by atoms with E-state index in [-0.39, 0.29) is 6.04 Å². The fourth-order valence-corrected chi connectivity index (χ4v) is 2.50. The van der Waals surface area contributed by atoms with Gasteiger partial charge in [-0.15, -0.1) is 0 Å². The molecule has 2 aromatic rings. The first kappa shape index (κ1) is 14.9. The van der Waals surface area contributed by atoms with Crippen molar-refractivity contribution in [1.82, 2.24) is 5.32 Å². The van der Waals surface area contributed by atoms with Crippen molar-refractivity contribution in [3.63, 3.8) is 0 Å². The molecule has 1 N–H and O–H groups in total. The zero-order valence-corrected chi connectivity index (χ0v) is 12.8. The minimum Gasteiger partial charge on any atom is -0.467 e. The minimum absolute atomic E-state index is 0.153. The summed E-state index contributed by atoms with van der Waals surface area (Å²) in [6.45, 7) is 7.49. The van der Waals surface area contributed by atoms with Gasteiger partial charge < -0.3 is 9.73 Å². The van der Waals surface area contributed by atoms with E-state index in [0.29, 0.717) is 0 Å². The van der Waals surface area contributed by atoms with Crippen molar-refractivity contribution in [1.29, 1.82) is 0 Å². The van der Waals surface area contributed by atoms with Crippen molar-refractivity contribution >= 4 is 0 Å². The van der Waals surface area contributed by atoms with Gasteiger partial charge in [0.25, 0.3) is 0 Å². The molecule has 0 radical (unpaired) electrons. The van der Waals surface area contributed by atoms with Gasteiger partial charge in [-0.05, 0) is 49.1 Å². The maximum absolute atomic E-state index is 5.69. The molecule has 1 heterocycles. The Kier molecular flexibility index (Phi) is 5.42. The van der Waals surface area contributed by atoms with Crippen LogP contribution in [0, 0.1) is 6.92 Å². The lowest BCUT2D eigenvalue weighted by molar-refractivity contribution is 0.444. The highest BCUT2D eigenvalue weighted by Gasteiger charge is 2.18. The summed E-state index contributed by atoms with van der Waals surface area (Å²) in [5.74, 6) is 1.03. The normalized spacial score (nSPS) is 12.6. The van der Waals surface area contributed by atoms with Crippen LogP contribution in [0.15, 0.2) is 41.0 Å². The number of rotatable bonds is 7. The second-order valence-electron chi connectivity index (χ2n) is 5.35. The summed E-state index contributed by atoms with van der Waals surface area (Å²) in [6, 6.07) is 11.1. The van der Waals surface area contributed by atoms with Crippen LogP contribution < -0.4 is 5.32 Å². The van der Waals surface area contributed by atoms with Crippen molar-refractivity contribution in [2.45, 2.75) is 46.1 Å². The molecule has 1 unspecified atom stereocenters. The smallest absolute Gasteiger partial charge is 0.128 e. The standard InChI is InChI=1S/C18H25NO/c1-4-6-15-7-9-16(10-8-15)17(19-12-5-2)18-14(3)11-13-20-18/h7-11,13,17,19H,4-6,12H2,1-3H3. The highest BCUT2D eigenvalue weighted by atomic mass is 16.3. The molecule has 0 aliphatic heterocycles. The van der Waals surface area contributed by atoms with E-state index in [2.05, 4.69) is 50.4 Å². The Hall–Kier alpha value is -1.54. The van der Waals surface area contributed by atoms with E-state index >= 15 is 0 Å². The second-order valence-corrected chi connectivity index (χ2v) is 5.35. The van der Waals surface area contributed by atoms with Gasteiger partial charge in [-0.25, -0.2) is 0 Å². The molecule has 0 saturated carbocycles. The lowest BCUT2D eigenvalue weighted by atomic mass is 9.99. The highest BCUT2D eigenvalue weighted by Crippen LogP contribution is 2.26.